The summed E-state index contributed by atoms with van der Waals surface area (Å²) in [6, 6.07) is 5.09. The van der Waals surface area contributed by atoms with Crippen LogP contribution in [-0.4, -0.2) is 26.5 Å². The van der Waals surface area contributed by atoms with E-state index in [0.29, 0.717) is 12.4 Å². The Kier molecular flexibility index (Phi) is 3.53. The van der Waals surface area contributed by atoms with Crippen molar-refractivity contribution < 1.29 is 4.79 Å². The summed E-state index contributed by atoms with van der Waals surface area (Å²) in [5, 5.41) is 10.9. The molecule has 0 spiro atoms. The van der Waals surface area contributed by atoms with Crippen LogP contribution in [-0.2, 0) is 11.3 Å². The van der Waals surface area contributed by atoms with Crippen LogP contribution in [0.2, 0.25) is 0 Å². The highest BCUT2D eigenvalue weighted by Crippen LogP contribution is 2.17. The molecule has 0 saturated carbocycles. The third-order valence-corrected chi connectivity index (χ3v) is 3.02. The molecule has 0 aromatic carbocycles. The van der Waals surface area contributed by atoms with Crippen LogP contribution in [0.5, 0.6) is 0 Å². The zero-order chi connectivity index (χ0) is 14.0. The Balaban J connectivity index is 2.05. The first-order valence-corrected chi connectivity index (χ1v) is 6.21. The van der Waals surface area contributed by atoms with Gasteiger partial charge in [0.25, 0.3) is 0 Å². The van der Waals surface area contributed by atoms with Crippen molar-refractivity contribution in [2.45, 2.75) is 33.4 Å². The van der Waals surface area contributed by atoms with Crippen LogP contribution in [0, 0.1) is 5.41 Å². The minimum Gasteiger partial charge on any atom is -0.347 e. The number of carbonyl (C=O) groups is 1. The lowest BCUT2D eigenvalue weighted by Gasteiger charge is -2.25. The Labute approximate surface area is 112 Å². The zero-order valence-corrected chi connectivity index (χ0v) is 11.4. The molecule has 0 fully saturated rings. The average molecular weight is 261 g/mol. The molecule has 2 rings (SSSR count). The minimum absolute atomic E-state index is 0.180. The van der Waals surface area contributed by atoms with E-state index in [1.165, 1.54) is 0 Å². The van der Waals surface area contributed by atoms with Gasteiger partial charge in [-0.1, -0.05) is 26.8 Å². The van der Waals surface area contributed by atoms with Crippen molar-refractivity contribution >= 4 is 11.6 Å². The topological polar surface area (TPSA) is 85.3 Å². The highest BCUT2D eigenvalue weighted by Gasteiger charge is 2.27. The summed E-state index contributed by atoms with van der Waals surface area (Å²) < 4.78 is 1.84. The van der Waals surface area contributed by atoms with Gasteiger partial charge in [-0.05, 0) is 17.5 Å². The van der Waals surface area contributed by atoms with Gasteiger partial charge in [-0.25, -0.2) is 0 Å². The molecule has 0 bridgehead atoms. The van der Waals surface area contributed by atoms with Crippen molar-refractivity contribution in [3.05, 3.63) is 30.2 Å². The second-order valence-electron chi connectivity index (χ2n) is 5.61. The molecule has 0 aliphatic heterocycles. The molecular formula is C13H19N5O. The van der Waals surface area contributed by atoms with Crippen molar-refractivity contribution in [3.8, 4) is 0 Å². The van der Waals surface area contributed by atoms with Crippen LogP contribution >= 0.6 is 0 Å². The first-order chi connectivity index (χ1) is 8.89. The number of rotatable bonds is 3. The maximum absolute atomic E-state index is 11.9. The fourth-order valence-electron chi connectivity index (χ4n) is 1.68. The van der Waals surface area contributed by atoms with Crippen LogP contribution in [0.25, 0.3) is 5.65 Å². The number of hydrogen-bond donors (Lipinski definition) is 2. The van der Waals surface area contributed by atoms with Crippen molar-refractivity contribution in [3.63, 3.8) is 0 Å². The summed E-state index contributed by atoms with van der Waals surface area (Å²) >= 11 is 0. The normalized spacial score (nSPS) is 13.5. The fraction of sp³-hybridized carbons (Fsp3) is 0.462. The summed E-state index contributed by atoms with van der Waals surface area (Å²) in [5.74, 6) is 0.505. The van der Waals surface area contributed by atoms with Crippen LogP contribution in [0.4, 0.5) is 0 Å². The molecule has 0 radical (unpaired) electrons. The van der Waals surface area contributed by atoms with E-state index < -0.39 is 6.04 Å². The SMILES string of the molecule is CC(C)(C)[C@@H](N)C(=O)NCc1nnc2ccccn12. The van der Waals surface area contributed by atoms with Gasteiger partial charge in [0, 0.05) is 6.20 Å². The number of fused-ring (bicyclic) bond motifs is 1. The maximum atomic E-state index is 11.9. The van der Waals surface area contributed by atoms with Gasteiger partial charge >= 0.3 is 0 Å². The van der Waals surface area contributed by atoms with Crippen LogP contribution in [0.1, 0.15) is 26.6 Å². The van der Waals surface area contributed by atoms with E-state index in [4.69, 9.17) is 5.73 Å². The molecule has 2 heterocycles. The smallest absolute Gasteiger partial charge is 0.237 e. The summed E-state index contributed by atoms with van der Waals surface area (Å²) in [5.41, 5.74) is 6.38. The number of pyridine rings is 1. The van der Waals surface area contributed by atoms with Crippen LogP contribution in [0.3, 0.4) is 0 Å². The molecule has 0 saturated heterocycles. The number of nitrogens with zero attached hydrogens (tertiary/aromatic N) is 3. The van der Waals surface area contributed by atoms with Crippen molar-refractivity contribution in [2.75, 3.05) is 0 Å². The molecule has 3 N–H and O–H groups in total. The van der Waals surface area contributed by atoms with E-state index in [1.807, 2.05) is 49.6 Å². The lowest BCUT2D eigenvalue weighted by Crippen LogP contribution is -2.48. The van der Waals surface area contributed by atoms with Gasteiger partial charge < -0.3 is 11.1 Å². The summed E-state index contributed by atoms with van der Waals surface area (Å²) in [7, 11) is 0. The summed E-state index contributed by atoms with van der Waals surface area (Å²) in [4.78, 5) is 11.9. The summed E-state index contributed by atoms with van der Waals surface area (Å²) in [6.45, 7) is 6.12. The number of aromatic nitrogens is 3. The largest absolute Gasteiger partial charge is 0.347 e. The van der Waals surface area contributed by atoms with Crippen molar-refractivity contribution in [1.29, 1.82) is 0 Å². The monoisotopic (exact) mass is 261 g/mol. The number of hydrogen-bond acceptors (Lipinski definition) is 4. The van der Waals surface area contributed by atoms with Crippen LogP contribution in [0.15, 0.2) is 24.4 Å². The average Bonchev–Trinajstić information content (AvgIpc) is 2.77. The molecule has 2 aromatic rings. The highest BCUT2D eigenvalue weighted by molar-refractivity contribution is 5.82. The molecule has 102 valence electrons. The summed E-state index contributed by atoms with van der Waals surface area (Å²) in [6.07, 6.45) is 1.86. The molecule has 6 heteroatoms. The fourth-order valence-corrected chi connectivity index (χ4v) is 1.68. The molecule has 0 aliphatic rings. The van der Waals surface area contributed by atoms with Gasteiger partial charge in [0.1, 0.15) is 0 Å². The van der Waals surface area contributed by atoms with Crippen molar-refractivity contribution in [2.24, 2.45) is 11.1 Å². The van der Waals surface area contributed by atoms with E-state index in [1.54, 1.807) is 0 Å². The third kappa shape index (κ3) is 2.90. The Morgan fingerprint density at radius 1 is 1.42 bits per heavy atom. The maximum Gasteiger partial charge on any atom is 0.237 e. The lowest BCUT2D eigenvalue weighted by molar-refractivity contribution is -0.124. The molecular weight excluding hydrogens is 242 g/mol. The standard InChI is InChI=1S/C13H19N5O/c1-13(2,3)11(14)12(19)15-8-10-17-16-9-6-4-5-7-18(9)10/h4-7,11H,8,14H2,1-3H3,(H,15,19)/t11-/m0/s1. The second kappa shape index (κ2) is 4.97. The predicted octanol–water partition coefficient (Wildman–Crippen LogP) is 0.719. The Bertz CT molecular complexity index is 584. The van der Waals surface area contributed by atoms with Gasteiger partial charge in [-0.2, -0.15) is 0 Å². The van der Waals surface area contributed by atoms with Gasteiger partial charge in [0.05, 0.1) is 12.6 Å². The molecule has 19 heavy (non-hydrogen) atoms. The highest BCUT2D eigenvalue weighted by atomic mass is 16.2. The third-order valence-electron chi connectivity index (χ3n) is 3.02. The van der Waals surface area contributed by atoms with Gasteiger partial charge in [-0.15, -0.1) is 10.2 Å². The quantitative estimate of drug-likeness (QED) is 0.852. The van der Waals surface area contributed by atoms with Crippen molar-refractivity contribution in [1.82, 2.24) is 19.9 Å². The zero-order valence-electron chi connectivity index (χ0n) is 11.4. The van der Waals surface area contributed by atoms with Gasteiger partial charge in [0.2, 0.25) is 5.91 Å². The van der Waals surface area contributed by atoms with Gasteiger partial charge in [0.15, 0.2) is 11.5 Å². The number of nitrogens with two attached hydrogens (primary N) is 1. The van der Waals surface area contributed by atoms with E-state index in [-0.39, 0.29) is 11.3 Å². The molecule has 6 nitrogen and oxygen atoms in total. The Hall–Kier alpha value is -1.95. The first kappa shape index (κ1) is 13.5. The van der Waals surface area contributed by atoms with Gasteiger partial charge in [-0.3, -0.25) is 9.20 Å². The lowest BCUT2D eigenvalue weighted by atomic mass is 9.87. The van der Waals surface area contributed by atoms with E-state index in [2.05, 4.69) is 15.5 Å². The Morgan fingerprint density at radius 2 is 2.16 bits per heavy atom. The van der Waals surface area contributed by atoms with Crippen LogP contribution < -0.4 is 11.1 Å². The Morgan fingerprint density at radius 3 is 2.84 bits per heavy atom. The molecule has 1 atom stereocenters. The molecule has 1 amide bonds. The number of amides is 1. The first-order valence-electron chi connectivity index (χ1n) is 6.21. The minimum atomic E-state index is -0.549. The van der Waals surface area contributed by atoms with E-state index in [9.17, 15) is 4.79 Å². The second-order valence-corrected chi connectivity index (χ2v) is 5.61. The van der Waals surface area contributed by atoms with E-state index in [0.717, 1.165) is 5.65 Å². The molecule has 0 unspecified atom stereocenters. The number of carbonyl (C=O) groups excluding carboxylic acids is 1. The molecule has 0 aliphatic carbocycles. The molecule has 2 aromatic heterocycles. The number of nitrogens with one attached hydrogen (secondary N) is 1. The van der Waals surface area contributed by atoms with E-state index >= 15 is 0 Å². The predicted molar refractivity (Wildman–Crippen MR) is 72.3 cm³/mol.